The Balaban J connectivity index is 1.79. The molecule has 0 bridgehead atoms. The van der Waals surface area contributed by atoms with Crippen LogP contribution >= 0.6 is 11.8 Å². The number of rotatable bonds is 3. The molecule has 1 saturated heterocycles. The first-order valence-electron chi connectivity index (χ1n) is 3.94. The summed E-state index contributed by atoms with van der Waals surface area (Å²) in [5.74, 6) is 2.65. The number of thioether (sulfide) groups is 1. The highest BCUT2D eigenvalue weighted by Gasteiger charge is 2.18. The molecule has 4 nitrogen and oxygen atoms in total. The molecule has 1 aliphatic heterocycles. The molecule has 1 fully saturated rings. The molecule has 1 aromatic heterocycles. The van der Waals surface area contributed by atoms with E-state index in [1.54, 1.807) is 11.8 Å². The summed E-state index contributed by atoms with van der Waals surface area (Å²) in [4.78, 5) is 4.20. The molecule has 0 aromatic carbocycles. The Bertz CT molecular complexity index is 259. The van der Waals surface area contributed by atoms with E-state index >= 15 is 0 Å². The van der Waals surface area contributed by atoms with Gasteiger partial charge in [-0.1, -0.05) is 11.8 Å². The number of ether oxygens (including phenoxy) is 1. The van der Waals surface area contributed by atoms with E-state index in [0.29, 0.717) is 5.92 Å². The second-order valence-corrected chi connectivity index (χ2v) is 3.91. The second kappa shape index (κ2) is 3.45. The van der Waals surface area contributed by atoms with Crippen LogP contribution in [-0.4, -0.2) is 34.1 Å². The number of nitrogens with one attached hydrogen (secondary N) is 1. The first-order chi connectivity index (χ1) is 5.84. The van der Waals surface area contributed by atoms with Crippen molar-refractivity contribution in [3.05, 3.63) is 5.82 Å². The minimum Gasteiger partial charge on any atom is -0.381 e. The van der Waals surface area contributed by atoms with Crippen molar-refractivity contribution < 1.29 is 4.74 Å². The number of hydrogen-bond acceptors (Lipinski definition) is 4. The number of aryl methyl sites for hydroxylation is 1. The van der Waals surface area contributed by atoms with Crippen molar-refractivity contribution in [3.63, 3.8) is 0 Å². The van der Waals surface area contributed by atoms with E-state index in [9.17, 15) is 0 Å². The van der Waals surface area contributed by atoms with Crippen LogP contribution < -0.4 is 0 Å². The molecule has 66 valence electrons. The van der Waals surface area contributed by atoms with Crippen LogP contribution in [0.15, 0.2) is 5.16 Å². The molecule has 5 heteroatoms. The van der Waals surface area contributed by atoms with Crippen molar-refractivity contribution in [3.8, 4) is 0 Å². The average Bonchev–Trinajstić information content (AvgIpc) is 2.32. The van der Waals surface area contributed by atoms with Gasteiger partial charge in [-0.3, -0.25) is 5.10 Å². The predicted octanol–water partition coefficient (Wildman–Crippen LogP) is 0.852. The van der Waals surface area contributed by atoms with E-state index in [2.05, 4.69) is 15.2 Å². The smallest absolute Gasteiger partial charge is 0.208 e. The van der Waals surface area contributed by atoms with Gasteiger partial charge in [0.25, 0.3) is 0 Å². The van der Waals surface area contributed by atoms with Crippen molar-refractivity contribution in [2.45, 2.75) is 12.1 Å². The van der Waals surface area contributed by atoms with Gasteiger partial charge in [-0.25, -0.2) is 4.98 Å². The highest BCUT2D eigenvalue weighted by Crippen LogP contribution is 2.20. The van der Waals surface area contributed by atoms with Crippen molar-refractivity contribution in [2.75, 3.05) is 19.0 Å². The van der Waals surface area contributed by atoms with Crippen LogP contribution in [0.3, 0.4) is 0 Å². The molecule has 0 amide bonds. The number of aromatic amines is 1. The lowest BCUT2D eigenvalue weighted by Crippen LogP contribution is -2.29. The van der Waals surface area contributed by atoms with Crippen molar-refractivity contribution in [2.24, 2.45) is 5.92 Å². The highest BCUT2D eigenvalue weighted by molar-refractivity contribution is 7.99. The number of nitrogens with zero attached hydrogens (tertiary/aromatic N) is 2. The lowest BCUT2D eigenvalue weighted by atomic mass is 10.1. The van der Waals surface area contributed by atoms with Gasteiger partial charge in [0.2, 0.25) is 5.16 Å². The Morgan fingerprint density at radius 1 is 1.67 bits per heavy atom. The summed E-state index contributed by atoms with van der Waals surface area (Å²) in [5.41, 5.74) is 0. The van der Waals surface area contributed by atoms with Crippen LogP contribution in [0, 0.1) is 12.8 Å². The Morgan fingerprint density at radius 3 is 3.00 bits per heavy atom. The molecular formula is C7H11N3OS. The highest BCUT2D eigenvalue weighted by atomic mass is 32.2. The van der Waals surface area contributed by atoms with Gasteiger partial charge >= 0.3 is 0 Å². The zero-order chi connectivity index (χ0) is 8.39. The average molecular weight is 185 g/mol. The minimum atomic E-state index is 0.703. The van der Waals surface area contributed by atoms with Crippen LogP contribution in [0.25, 0.3) is 0 Å². The molecular weight excluding hydrogens is 174 g/mol. The molecule has 0 unspecified atom stereocenters. The van der Waals surface area contributed by atoms with Crippen molar-refractivity contribution in [1.29, 1.82) is 0 Å². The third-order valence-corrected chi connectivity index (χ3v) is 2.81. The Kier molecular flexibility index (Phi) is 2.32. The van der Waals surface area contributed by atoms with E-state index in [1.165, 1.54) is 0 Å². The van der Waals surface area contributed by atoms with Gasteiger partial charge in [0.1, 0.15) is 5.82 Å². The zero-order valence-electron chi connectivity index (χ0n) is 6.91. The molecule has 0 radical (unpaired) electrons. The van der Waals surface area contributed by atoms with Crippen molar-refractivity contribution in [1.82, 2.24) is 15.2 Å². The maximum atomic E-state index is 5.07. The normalized spacial score (nSPS) is 17.8. The summed E-state index contributed by atoms with van der Waals surface area (Å²) >= 11 is 1.69. The standard InChI is InChI=1S/C7H11N3OS/c1-5-8-7(10-9-5)12-4-6-2-11-3-6/h6H,2-4H2,1H3,(H,8,9,10). The Hall–Kier alpha value is -0.550. The fourth-order valence-corrected chi connectivity index (χ4v) is 1.85. The largest absolute Gasteiger partial charge is 0.381 e. The van der Waals surface area contributed by atoms with Crippen LogP contribution in [0.1, 0.15) is 5.82 Å². The summed E-state index contributed by atoms with van der Waals surface area (Å²) < 4.78 is 5.07. The molecule has 1 aromatic rings. The van der Waals surface area contributed by atoms with E-state index in [0.717, 1.165) is 29.9 Å². The lowest BCUT2D eigenvalue weighted by Gasteiger charge is -2.24. The van der Waals surface area contributed by atoms with Gasteiger partial charge in [0.15, 0.2) is 0 Å². The Morgan fingerprint density at radius 2 is 2.50 bits per heavy atom. The molecule has 0 saturated carbocycles. The van der Waals surface area contributed by atoms with E-state index in [-0.39, 0.29) is 0 Å². The summed E-state index contributed by atoms with van der Waals surface area (Å²) in [6.45, 7) is 3.70. The topological polar surface area (TPSA) is 50.8 Å². The Labute approximate surface area is 75.1 Å². The van der Waals surface area contributed by atoms with Gasteiger partial charge in [-0.2, -0.15) is 0 Å². The minimum absolute atomic E-state index is 0.703. The molecule has 2 heterocycles. The van der Waals surface area contributed by atoms with Crippen LogP contribution in [0.2, 0.25) is 0 Å². The third kappa shape index (κ3) is 1.78. The van der Waals surface area contributed by atoms with Crippen LogP contribution in [0.4, 0.5) is 0 Å². The number of aromatic nitrogens is 3. The summed E-state index contributed by atoms with van der Waals surface area (Å²) in [6.07, 6.45) is 0. The molecule has 0 aliphatic carbocycles. The molecule has 1 aliphatic rings. The molecule has 1 N–H and O–H groups in total. The van der Waals surface area contributed by atoms with Crippen LogP contribution in [-0.2, 0) is 4.74 Å². The molecule has 0 spiro atoms. The molecule has 12 heavy (non-hydrogen) atoms. The van der Waals surface area contributed by atoms with E-state index in [1.807, 2.05) is 6.92 Å². The lowest BCUT2D eigenvalue weighted by molar-refractivity contribution is -0.0196. The fourth-order valence-electron chi connectivity index (χ4n) is 0.960. The first-order valence-corrected chi connectivity index (χ1v) is 4.92. The maximum Gasteiger partial charge on any atom is 0.208 e. The fraction of sp³-hybridized carbons (Fsp3) is 0.714. The molecule has 0 atom stereocenters. The predicted molar refractivity (Wildman–Crippen MR) is 46.2 cm³/mol. The third-order valence-electron chi connectivity index (χ3n) is 1.73. The quantitative estimate of drug-likeness (QED) is 0.709. The second-order valence-electron chi connectivity index (χ2n) is 2.92. The van der Waals surface area contributed by atoms with Gasteiger partial charge in [-0.05, 0) is 6.92 Å². The van der Waals surface area contributed by atoms with Crippen LogP contribution in [0.5, 0.6) is 0 Å². The van der Waals surface area contributed by atoms with E-state index in [4.69, 9.17) is 4.74 Å². The van der Waals surface area contributed by atoms with Gasteiger partial charge in [0, 0.05) is 11.7 Å². The number of hydrogen-bond donors (Lipinski definition) is 1. The number of H-pyrrole nitrogens is 1. The molecule has 2 rings (SSSR count). The van der Waals surface area contributed by atoms with Gasteiger partial charge < -0.3 is 4.74 Å². The van der Waals surface area contributed by atoms with Crippen molar-refractivity contribution >= 4 is 11.8 Å². The van der Waals surface area contributed by atoms with Gasteiger partial charge in [0.05, 0.1) is 13.2 Å². The van der Waals surface area contributed by atoms with Gasteiger partial charge in [-0.15, -0.1) is 5.10 Å². The maximum absolute atomic E-state index is 5.07. The first kappa shape index (κ1) is 8.07. The summed E-state index contributed by atoms with van der Waals surface area (Å²) in [6, 6.07) is 0. The SMILES string of the molecule is Cc1nc(SCC2COC2)n[nH]1. The summed E-state index contributed by atoms with van der Waals surface area (Å²) in [5, 5.41) is 7.69. The zero-order valence-corrected chi connectivity index (χ0v) is 7.73. The van der Waals surface area contributed by atoms with E-state index < -0.39 is 0 Å². The monoisotopic (exact) mass is 185 g/mol. The summed E-state index contributed by atoms with van der Waals surface area (Å²) in [7, 11) is 0.